The lowest BCUT2D eigenvalue weighted by Crippen LogP contribution is -2.12. The van der Waals surface area contributed by atoms with Gasteiger partial charge in [0.2, 0.25) is 0 Å². The standard InChI is InChI=1S/C11H15BrFNO/c1-3-15-11-8(6-7-14-2)10(13)5-4-9(11)12/h4-5,14H,3,6-7H2,1-2H3. The molecular formula is C11H15BrFNO. The van der Waals surface area contributed by atoms with Gasteiger partial charge in [0, 0.05) is 5.56 Å². The molecule has 0 amide bonds. The number of nitrogens with one attached hydrogen (secondary N) is 1. The van der Waals surface area contributed by atoms with Crippen molar-refractivity contribution >= 4 is 15.9 Å². The smallest absolute Gasteiger partial charge is 0.139 e. The summed E-state index contributed by atoms with van der Waals surface area (Å²) < 4.78 is 19.8. The molecule has 0 aliphatic carbocycles. The van der Waals surface area contributed by atoms with Crippen LogP contribution in [-0.4, -0.2) is 20.2 Å². The zero-order valence-electron chi connectivity index (χ0n) is 8.94. The SMILES string of the molecule is CCOc1c(Br)ccc(F)c1CCNC. The summed E-state index contributed by atoms with van der Waals surface area (Å²) in [5.74, 6) is 0.407. The minimum absolute atomic E-state index is 0.211. The lowest BCUT2D eigenvalue weighted by molar-refractivity contribution is 0.331. The molecule has 0 unspecified atom stereocenters. The maximum atomic E-state index is 13.5. The van der Waals surface area contributed by atoms with E-state index in [0.717, 1.165) is 11.0 Å². The number of benzene rings is 1. The molecule has 1 aromatic rings. The van der Waals surface area contributed by atoms with Crippen LogP contribution >= 0.6 is 15.9 Å². The predicted octanol–water partition coefficient (Wildman–Crippen LogP) is 2.75. The summed E-state index contributed by atoms with van der Waals surface area (Å²) in [4.78, 5) is 0. The second-order valence-electron chi connectivity index (χ2n) is 3.12. The molecule has 0 bridgehead atoms. The Morgan fingerprint density at radius 3 is 2.80 bits per heavy atom. The van der Waals surface area contributed by atoms with Crippen LogP contribution in [0.25, 0.3) is 0 Å². The van der Waals surface area contributed by atoms with Gasteiger partial charge in [0.25, 0.3) is 0 Å². The van der Waals surface area contributed by atoms with Gasteiger partial charge in [0.15, 0.2) is 0 Å². The van der Waals surface area contributed by atoms with Crippen molar-refractivity contribution in [1.82, 2.24) is 5.32 Å². The topological polar surface area (TPSA) is 21.3 Å². The van der Waals surface area contributed by atoms with Crippen molar-refractivity contribution in [2.75, 3.05) is 20.2 Å². The lowest BCUT2D eigenvalue weighted by Gasteiger charge is -2.12. The maximum absolute atomic E-state index is 13.5. The molecule has 84 valence electrons. The highest BCUT2D eigenvalue weighted by Gasteiger charge is 2.12. The summed E-state index contributed by atoms with van der Waals surface area (Å²) in [6.07, 6.45) is 0.622. The third-order valence-electron chi connectivity index (χ3n) is 2.07. The first-order valence-electron chi connectivity index (χ1n) is 4.95. The molecule has 0 saturated heterocycles. The van der Waals surface area contributed by atoms with E-state index in [4.69, 9.17) is 4.74 Å². The zero-order valence-corrected chi connectivity index (χ0v) is 10.5. The van der Waals surface area contributed by atoms with Crippen LogP contribution in [0.2, 0.25) is 0 Å². The summed E-state index contributed by atoms with van der Waals surface area (Å²) in [6.45, 7) is 3.15. The Morgan fingerprint density at radius 2 is 2.20 bits per heavy atom. The molecule has 0 spiro atoms. The molecule has 0 heterocycles. The first kappa shape index (κ1) is 12.5. The van der Waals surface area contributed by atoms with Gasteiger partial charge in [0.1, 0.15) is 11.6 Å². The molecule has 0 aliphatic heterocycles. The third-order valence-corrected chi connectivity index (χ3v) is 2.69. The van der Waals surface area contributed by atoms with Gasteiger partial charge >= 0.3 is 0 Å². The molecule has 0 fully saturated rings. The Kier molecular flexibility index (Phi) is 5.05. The molecule has 4 heteroatoms. The highest BCUT2D eigenvalue weighted by atomic mass is 79.9. The van der Waals surface area contributed by atoms with E-state index in [2.05, 4.69) is 21.2 Å². The number of halogens is 2. The molecule has 1 N–H and O–H groups in total. The van der Waals surface area contributed by atoms with Gasteiger partial charge in [-0.15, -0.1) is 0 Å². The quantitative estimate of drug-likeness (QED) is 0.892. The summed E-state index contributed by atoms with van der Waals surface area (Å²) in [6, 6.07) is 3.13. The molecule has 2 nitrogen and oxygen atoms in total. The van der Waals surface area contributed by atoms with Crippen LogP contribution in [0.1, 0.15) is 12.5 Å². The summed E-state index contributed by atoms with van der Waals surface area (Å²) >= 11 is 3.36. The van der Waals surface area contributed by atoms with E-state index in [-0.39, 0.29) is 5.82 Å². The van der Waals surface area contributed by atoms with E-state index < -0.39 is 0 Å². The van der Waals surface area contributed by atoms with E-state index in [0.29, 0.717) is 24.3 Å². The second kappa shape index (κ2) is 6.08. The van der Waals surface area contributed by atoms with Gasteiger partial charge in [-0.2, -0.15) is 0 Å². The monoisotopic (exact) mass is 275 g/mol. The Balaban J connectivity index is 3.01. The molecular weight excluding hydrogens is 261 g/mol. The predicted molar refractivity (Wildman–Crippen MR) is 62.9 cm³/mol. The molecule has 0 aromatic heterocycles. The molecule has 0 atom stereocenters. The van der Waals surface area contributed by atoms with Crippen molar-refractivity contribution in [3.63, 3.8) is 0 Å². The minimum atomic E-state index is -0.211. The van der Waals surface area contributed by atoms with Crippen molar-refractivity contribution in [1.29, 1.82) is 0 Å². The molecule has 15 heavy (non-hydrogen) atoms. The van der Waals surface area contributed by atoms with Crippen molar-refractivity contribution in [3.05, 3.63) is 28.0 Å². The number of hydrogen-bond acceptors (Lipinski definition) is 2. The molecule has 0 saturated carbocycles. The zero-order chi connectivity index (χ0) is 11.3. The summed E-state index contributed by atoms with van der Waals surface area (Å²) in [7, 11) is 1.84. The van der Waals surface area contributed by atoms with E-state index >= 15 is 0 Å². The van der Waals surface area contributed by atoms with Crippen molar-refractivity contribution in [3.8, 4) is 5.75 Å². The van der Waals surface area contributed by atoms with Gasteiger partial charge in [0.05, 0.1) is 11.1 Å². The molecule has 1 aromatic carbocycles. The van der Waals surface area contributed by atoms with Gasteiger partial charge < -0.3 is 10.1 Å². The molecule has 0 radical (unpaired) electrons. The number of hydrogen-bond donors (Lipinski definition) is 1. The second-order valence-corrected chi connectivity index (χ2v) is 3.98. The maximum Gasteiger partial charge on any atom is 0.139 e. The average molecular weight is 276 g/mol. The first-order chi connectivity index (χ1) is 7.20. The van der Waals surface area contributed by atoms with E-state index in [1.165, 1.54) is 6.07 Å². The minimum Gasteiger partial charge on any atom is -0.492 e. The van der Waals surface area contributed by atoms with Gasteiger partial charge in [-0.3, -0.25) is 0 Å². The number of likely N-dealkylation sites (N-methyl/N-ethyl adjacent to an activating group) is 1. The number of rotatable bonds is 5. The Labute approximate surface area is 98.0 Å². The highest BCUT2D eigenvalue weighted by Crippen LogP contribution is 2.31. The fourth-order valence-corrected chi connectivity index (χ4v) is 1.84. The van der Waals surface area contributed by atoms with Crippen LogP contribution in [0.15, 0.2) is 16.6 Å². The summed E-state index contributed by atoms with van der Waals surface area (Å²) in [5.41, 5.74) is 0.626. The van der Waals surface area contributed by atoms with Crippen LogP contribution in [0, 0.1) is 5.82 Å². The van der Waals surface area contributed by atoms with E-state index in [9.17, 15) is 4.39 Å². The molecule has 0 aliphatic rings. The van der Waals surface area contributed by atoms with Gasteiger partial charge in [-0.05, 0) is 55.0 Å². The van der Waals surface area contributed by atoms with Gasteiger partial charge in [-0.25, -0.2) is 4.39 Å². The van der Waals surface area contributed by atoms with E-state index in [1.54, 1.807) is 6.07 Å². The lowest BCUT2D eigenvalue weighted by atomic mass is 10.1. The largest absolute Gasteiger partial charge is 0.492 e. The first-order valence-corrected chi connectivity index (χ1v) is 5.74. The van der Waals surface area contributed by atoms with Crippen LogP contribution in [0.3, 0.4) is 0 Å². The van der Waals surface area contributed by atoms with Gasteiger partial charge in [-0.1, -0.05) is 0 Å². The van der Waals surface area contributed by atoms with Crippen LogP contribution < -0.4 is 10.1 Å². The normalized spacial score (nSPS) is 10.4. The Hall–Kier alpha value is -0.610. The summed E-state index contributed by atoms with van der Waals surface area (Å²) in [5, 5.41) is 2.99. The Bertz CT molecular complexity index is 331. The van der Waals surface area contributed by atoms with Crippen molar-refractivity contribution in [2.24, 2.45) is 0 Å². The van der Waals surface area contributed by atoms with Crippen LogP contribution in [0.5, 0.6) is 5.75 Å². The van der Waals surface area contributed by atoms with Crippen LogP contribution in [-0.2, 0) is 6.42 Å². The fourth-order valence-electron chi connectivity index (χ4n) is 1.36. The average Bonchev–Trinajstić information content (AvgIpc) is 2.23. The fraction of sp³-hybridized carbons (Fsp3) is 0.455. The Morgan fingerprint density at radius 1 is 1.47 bits per heavy atom. The number of ether oxygens (including phenoxy) is 1. The van der Waals surface area contributed by atoms with Crippen molar-refractivity contribution < 1.29 is 9.13 Å². The third kappa shape index (κ3) is 3.18. The van der Waals surface area contributed by atoms with Crippen molar-refractivity contribution in [2.45, 2.75) is 13.3 Å². The highest BCUT2D eigenvalue weighted by molar-refractivity contribution is 9.10. The molecule has 1 rings (SSSR count). The van der Waals surface area contributed by atoms with E-state index in [1.807, 2.05) is 14.0 Å². The van der Waals surface area contributed by atoms with Crippen LogP contribution in [0.4, 0.5) is 4.39 Å².